The van der Waals surface area contributed by atoms with Crippen LogP contribution in [0.1, 0.15) is 18.5 Å². The van der Waals surface area contributed by atoms with Crippen LogP contribution in [0.2, 0.25) is 5.02 Å². The summed E-state index contributed by atoms with van der Waals surface area (Å²) < 4.78 is 26.0. The van der Waals surface area contributed by atoms with Crippen molar-refractivity contribution >= 4 is 11.6 Å². The first-order valence-corrected chi connectivity index (χ1v) is 4.26. The second-order valence-corrected chi connectivity index (χ2v) is 3.15. The summed E-state index contributed by atoms with van der Waals surface area (Å²) in [6.45, 7) is 1.77. The van der Waals surface area contributed by atoms with Crippen LogP contribution in [0.5, 0.6) is 0 Å². The SMILES string of the molecule is CN[C@@H](C)c1ccc(F)c(Cl)c1F. The molecule has 0 saturated carbocycles. The lowest BCUT2D eigenvalue weighted by Crippen LogP contribution is -2.14. The van der Waals surface area contributed by atoms with Gasteiger partial charge in [0, 0.05) is 11.6 Å². The number of rotatable bonds is 2. The molecule has 0 bridgehead atoms. The summed E-state index contributed by atoms with van der Waals surface area (Å²) in [5.41, 5.74) is 0.369. The maximum atomic E-state index is 13.3. The van der Waals surface area contributed by atoms with Gasteiger partial charge in [-0.1, -0.05) is 17.7 Å². The normalized spacial score (nSPS) is 13.0. The van der Waals surface area contributed by atoms with Crippen molar-refractivity contribution in [2.75, 3.05) is 7.05 Å². The highest BCUT2D eigenvalue weighted by Gasteiger charge is 2.14. The third-order valence-electron chi connectivity index (χ3n) is 1.96. The van der Waals surface area contributed by atoms with Gasteiger partial charge in [0.15, 0.2) is 0 Å². The minimum Gasteiger partial charge on any atom is -0.313 e. The topological polar surface area (TPSA) is 12.0 Å². The Morgan fingerprint density at radius 1 is 1.38 bits per heavy atom. The molecule has 0 aromatic heterocycles. The van der Waals surface area contributed by atoms with E-state index in [0.29, 0.717) is 5.56 Å². The zero-order valence-electron chi connectivity index (χ0n) is 7.37. The molecule has 13 heavy (non-hydrogen) atoms. The van der Waals surface area contributed by atoms with Gasteiger partial charge in [-0.05, 0) is 20.0 Å². The summed E-state index contributed by atoms with van der Waals surface area (Å²) in [6, 6.07) is 2.37. The molecule has 1 rings (SSSR count). The van der Waals surface area contributed by atoms with E-state index in [1.807, 2.05) is 0 Å². The maximum Gasteiger partial charge on any atom is 0.149 e. The first kappa shape index (κ1) is 10.4. The molecule has 0 unspecified atom stereocenters. The van der Waals surface area contributed by atoms with Crippen LogP contribution >= 0.6 is 11.6 Å². The largest absolute Gasteiger partial charge is 0.313 e. The summed E-state index contributed by atoms with van der Waals surface area (Å²) >= 11 is 5.41. The van der Waals surface area contributed by atoms with Crippen LogP contribution in [-0.2, 0) is 0 Å². The average molecular weight is 206 g/mol. The number of hydrogen-bond donors (Lipinski definition) is 1. The van der Waals surface area contributed by atoms with E-state index in [1.54, 1.807) is 14.0 Å². The molecule has 72 valence electrons. The lowest BCUT2D eigenvalue weighted by atomic mass is 10.1. The summed E-state index contributed by atoms with van der Waals surface area (Å²) in [4.78, 5) is 0. The number of hydrogen-bond acceptors (Lipinski definition) is 1. The fourth-order valence-electron chi connectivity index (χ4n) is 1.03. The minimum atomic E-state index is -0.730. The Morgan fingerprint density at radius 3 is 2.54 bits per heavy atom. The summed E-state index contributed by atoms with van der Waals surface area (Å²) in [5.74, 6) is -1.42. The zero-order chi connectivity index (χ0) is 10.0. The van der Waals surface area contributed by atoms with Gasteiger partial charge in [-0.25, -0.2) is 8.78 Å². The first-order chi connectivity index (χ1) is 6.07. The Balaban J connectivity index is 3.18. The standard InChI is InChI=1S/C9H10ClF2N/c1-5(13-2)6-3-4-7(11)8(10)9(6)12/h3-5,13H,1-2H3/t5-/m0/s1. The summed E-state index contributed by atoms with van der Waals surface area (Å²) in [6.07, 6.45) is 0. The molecular weight excluding hydrogens is 196 g/mol. The Labute approximate surface area is 80.7 Å². The van der Waals surface area contributed by atoms with E-state index < -0.39 is 16.7 Å². The van der Waals surface area contributed by atoms with E-state index in [1.165, 1.54) is 6.07 Å². The Bertz CT molecular complexity index is 315. The van der Waals surface area contributed by atoms with Gasteiger partial charge < -0.3 is 5.32 Å². The van der Waals surface area contributed by atoms with E-state index in [0.717, 1.165) is 6.07 Å². The summed E-state index contributed by atoms with van der Waals surface area (Å²) in [7, 11) is 1.70. The lowest BCUT2D eigenvalue weighted by Gasteiger charge is -2.12. The van der Waals surface area contributed by atoms with Gasteiger partial charge in [0.2, 0.25) is 0 Å². The molecule has 1 aromatic carbocycles. The Hall–Kier alpha value is -0.670. The van der Waals surface area contributed by atoms with E-state index in [9.17, 15) is 8.78 Å². The van der Waals surface area contributed by atoms with Crippen molar-refractivity contribution in [1.29, 1.82) is 0 Å². The third kappa shape index (κ3) is 1.98. The smallest absolute Gasteiger partial charge is 0.149 e. The highest BCUT2D eigenvalue weighted by Crippen LogP contribution is 2.25. The van der Waals surface area contributed by atoms with Crippen molar-refractivity contribution in [2.45, 2.75) is 13.0 Å². The van der Waals surface area contributed by atoms with Gasteiger partial charge in [0.1, 0.15) is 16.7 Å². The van der Waals surface area contributed by atoms with Gasteiger partial charge in [0.25, 0.3) is 0 Å². The van der Waals surface area contributed by atoms with Crippen LogP contribution in [0.4, 0.5) is 8.78 Å². The van der Waals surface area contributed by atoms with Crippen LogP contribution < -0.4 is 5.32 Å². The van der Waals surface area contributed by atoms with Gasteiger partial charge in [0.05, 0.1) is 0 Å². The Morgan fingerprint density at radius 2 is 2.00 bits per heavy atom. The van der Waals surface area contributed by atoms with Gasteiger partial charge >= 0.3 is 0 Å². The molecule has 1 atom stereocenters. The van der Waals surface area contributed by atoms with Crippen molar-refractivity contribution in [3.05, 3.63) is 34.4 Å². The molecule has 0 heterocycles. The summed E-state index contributed by atoms with van der Waals surface area (Å²) in [5, 5.41) is 2.40. The number of halogens is 3. The van der Waals surface area contributed by atoms with E-state index in [2.05, 4.69) is 5.32 Å². The molecule has 0 fully saturated rings. The van der Waals surface area contributed by atoms with Gasteiger partial charge in [-0.3, -0.25) is 0 Å². The van der Waals surface area contributed by atoms with Crippen LogP contribution in [0, 0.1) is 11.6 Å². The van der Waals surface area contributed by atoms with Crippen molar-refractivity contribution in [1.82, 2.24) is 5.32 Å². The average Bonchev–Trinajstić information content (AvgIpc) is 2.13. The van der Waals surface area contributed by atoms with Crippen molar-refractivity contribution in [2.24, 2.45) is 0 Å². The second-order valence-electron chi connectivity index (χ2n) is 2.77. The number of nitrogens with one attached hydrogen (secondary N) is 1. The highest BCUT2D eigenvalue weighted by molar-refractivity contribution is 6.30. The minimum absolute atomic E-state index is 0.182. The van der Waals surface area contributed by atoms with Crippen molar-refractivity contribution in [3.63, 3.8) is 0 Å². The quantitative estimate of drug-likeness (QED) is 0.733. The van der Waals surface area contributed by atoms with E-state index in [-0.39, 0.29) is 6.04 Å². The molecule has 0 aliphatic heterocycles. The van der Waals surface area contributed by atoms with Crippen LogP contribution in [0.25, 0.3) is 0 Å². The fourth-order valence-corrected chi connectivity index (χ4v) is 1.20. The molecule has 0 aliphatic carbocycles. The molecule has 4 heteroatoms. The first-order valence-electron chi connectivity index (χ1n) is 3.88. The van der Waals surface area contributed by atoms with E-state index >= 15 is 0 Å². The van der Waals surface area contributed by atoms with Gasteiger partial charge in [-0.15, -0.1) is 0 Å². The molecule has 1 N–H and O–H groups in total. The van der Waals surface area contributed by atoms with Crippen LogP contribution in [0.15, 0.2) is 12.1 Å². The molecule has 1 nitrogen and oxygen atoms in total. The van der Waals surface area contributed by atoms with Gasteiger partial charge in [-0.2, -0.15) is 0 Å². The molecule has 0 radical (unpaired) electrons. The van der Waals surface area contributed by atoms with Crippen LogP contribution in [0.3, 0.4) is 0 Å². The fraction of sp³-hybridized carbons (Fsp3) is 0.333. The molecule has 0 aliphatic rings. The predicted molar refractivity (Wildman–Crippen MR) is 48.8 cm³/mol. The Kier molecular flexibility index (Phi) is 3.22. The highest BCUT2D eigenvalue weighted by atomic mass is 35.5. The monoisotopic (exact) mass is 205 g/mol. The van der Waals surface area contributed by atoms with E-state index in [4.69, 9.17) is 11.6 Å². The lowest BCUT2D eigenvalue weighted by molar-refractivity contribution is 0.543. The molecule has 0 spiro atoms. The number of benzene rings is 1. The van der Waals surface area contributed by atoms with Crippen molar-refractivity contribution < 1.29 is 8.78 Å². The predicted octanol–water partition coefficient (Wildman–Crippen LogP) is 2.90. The zero-order valence-corrected chi connectivity index (χ0v) is 8.12. The van der Waals surface area contributed by atoms with Crippen LogP contribution in [-0.4, -0.2) is 7.05 Å². The second kappa shape index (κ2) is 4.03. The third-order valence-corrected chi connectivity index (χ3v) is 2.31. The maximum absolute atomic E-state index is 13.3. The molecule has 0 saturated heterocycles. The molecular formula is C9H10ClF2N. The van der Waals surface area contributed by atoms with Crippen molar-refractivity contribution in [3.8, 4) is 0 Å². The molecule has 1 aromatic rings. The molecule has 0 amide bonds.